The number of furan rings is 2. The zero-order valence-corrected chi connectivity index (χ0v) is 24.8. The van der Waals surface area contributed by atoms with E-state index in [1.807, 2.05) is 12.1 Å². The van der Waals surface area contributed by atoms with Gasteiger partial charge in [0.15, 0.2) is 0 Å². The molecule has 0 aliphatic heterocycles. The zero-order chi connectivity index (χ0) is 30.2. The van der Waals surface area contributed by atoms with Crippen LogP contribution >= 0.6 is 0 Å². The van der Waals surface area contributed by atoms with Gasteiger partial charge in [0.05, 0.1) is 5.39 Å². The van der Waals surface area contributed by atoms with E-state index in [-0.39, 0.29) is 0 Å². The van der Waals surface area contributed by atoms with E-state index >= 15 is 0 Å². The van der Waals surface area contributed by atoms with Gasteiger partial charge in [-0.15, -0.1) is 0 Å². The highest BCUT2D eigenvalue weighted by atomic mass is 16.3. The molecule has 2 nitrogen and oxygen atoms in total. The lowest BCUT2D eigenvalue weighted by atomic mass is 9.85. The molecule has 46 heavy (non-hydrogen) atoms. The van der Waals surface area contributed by atoms with Crippen molar-refractivity contribution in [1.29, 1.82) is 0 Å². The highest BCUT2D eigenvalue weighted by molar-refractivity contribution is 6.26. The van der Waals surface area contributed by atoms with E-state index in [4.69, 9.17) is 8.83 Å². The summed E-state index contributed by atoms with van der Waals surface area (Å²) in [5.41, 5.74) is 8.22. The minimum absolute atomic E-state index is 0.812. The topological polar surface area (TPSA) is 26.3 Å². The summed E-state index contributed by atoms with van der Waals surface area (Å²) in [6.45, 7) is 0. The summed E-state index contributed by atoms with van der Waals surface area (Å²) in [5.74, 6) is 0.853. The smallest absolute Gasteiger partial charge is 0.147 e. The van der Waals surface area contributed by atoms with Gasteiger partial charge in [0.1, 0.15) is 22.5 Å². The lowest BCUT2D eigenvalue weighted by Crippen LogP contribution is -1.91. The molecule has 0 N–H and O–H groups in total. The van der Waals surface area contributed by atoms with Gasteiger partial charge >= 0.3 is 0 Å². The molecular formula is C44H26O2. The molecule has 2 heterocycles. The standard InChI is InChI=1S/C44H26O2/c1-2-13-28(14-3-1)40-42-38(25-24-36-31-16-10-11-21-37(31)45-43(36)42)46-44(40)41-34-19-8-6-17-32(34)39(33-18-7-9-20-35(33)41)30-23-22-27-12-4-5-15-29(27)26-30/h1-26H. The van der Waals surface area contributed by atoms with Crippen LogP contribution in [0.15, 0.2) is 167 Å². The Morgan fingerprint density at radius 3 is 1.67 bits per heavy atom. The van der Waals surface area contributed by atoms with Crippen LogP contribution in [0.4, 0.5) is 0 Å². The molecule has 0 amide bonds. The normalized spacial score (nSPS) is 11.9. The fourth-order valence-electron chi connectivity index (χ4n) is 7.45. The van der Waals surface area contributed by atoms with E-state index in [0.29, 0.717) is 0 Å². The number of rotatable bonds is 3. The van der Waals surface area contributed by atoms with Crippen LogP contribution in [-0.2, 0) is 0 Å². The van der Waals surface area contributed by atoms with Gasteiger partial charge in [-0.25, -0.2) is 0 Å². The SMILES string of the molecule is c1ccc(-c2c(-c3c4ccccc4c(-c4ccc5ccccc5c4)c4ccccc34)oc3ccc4c5ccccc5oc4c23)cc1. The fraction of sp³-hybridized carbons (Fsp3) is 0. The predicted molar refractivity (Wildman–Crippen MR) is 192 cm³/mol. The van der Waals surface area contributed by atoms with Crippen LogP contribution < -0.4 is 0 Å². The van der Waals surface area contributed by atoms with E-state index in [1.165, 1.54) is 32.7 Å². The third-order valence-electron chi connectivity index (χ3n) is 9.46. The summed E-state index contributed by atoms with van der Waals surface area (Å²) < 4.78 is 13.6. The lowest BCUT2D eigenvalue weighted by Gasteiger charge is -2.17. The summed E-state index contributed by atoms with van der Waals surface area (Å²) in [6.07, 6.45) is 0. The Bertz CT molecular complexity index is 2740. The summed E-state index contributed by atoms with van der Waals surface area (Å²) >= 11 is 0. The van der Waals surface area contributed by atoms with Crippen molar-refractivity contribution in [1.82, 2.24) is 0 Å². The van der Waals surface area contributed by atoms with E-state index in [1.54, 1.807) is 0 Å². The number of hydrogen-bond acceptors (Lipinski definition) is 2. The van der Waals surface area contributed by atoms with Crippen LogP contribution in [0.2, 0.25) is 0 Å². The van der Waals surface area contributed by atoms with Gasteiger partial charge in [-0.2, -0.15) is 0 Å². The first-order valence-corrected chi connectivity index (χ1v) is 15.7. The van der Waals surface area contributed by atoms with Crippen molar-refractivity contribution < 1.29 is 8.83 Å². The van der Waals surface area contributed by atoms with E-state index in [9.17, 15) is 0 Å². The van der Waals surface area contributed by atoms with Crippen LogP contribution in [0.25, 0.3) is 98.8 Å². The van der Waals surface area contributed by atoms with Crippen molar-refractivity contribution >= 4 is 65.2 Å². The van der Waals surface area contributed by atoms with Gasteiger partial charge in [-0.1, -0.05) is 133 Å². The van der Waals surface area contributed by atoms with Crippen molar-refractivity contribution in [3.05, 3.63) is 158 Å². The molecule has 10 aromatic rings. The minimum Gasteiger partial charge on any atom is -0.455 e. The quantitative estimate of drug-likeness (QED) is 0.193. The summed E-state index contributed by atoms with van der Waals surface area (Å²) in [5, 5.41) is 10.4. The number of hydrogen-bond donors (Lipinski definition) is 0. The molecule has 0 unspecified atom stereocenters. The molecule has 0 fully saturated rings. The second-order valence-corrected chi connectivity index (χ2v) is 12.0. The summed E-state index contributed by atoms with van der Waals surface area (Å²) in [7, 11) is 0. The first-order chi connectivity index (χ1) is 22.8. The Balaban J connectivity index is 1.37. The molecule has 10 rings (SSSR count). The second kappa shape index (κ2) is 9.69. The molecule has 0 aliphatic rings. The Morgan fingerprint density at radius 2 is 0.935 bits per heavy atom. The monoisotopic (exact) mass is 586 g/mol. The Labute approximate surface area is 264 Å². The van der Waals surface area contributed by atoms with Crippen LogP contribution in [0.1, 0.15) is 0 Å². The molecule has 2 aromatic heterocycles. The van der Waals surface area contributed by atoms with Gasteiger partial charge < -0.3 is 8.83 Å². The summed E-state index contributed by atoms with van der Waals surface area (Å²) in [4.78, 5) is 0. The first-order valence-electron chi connectivity index (χ1n) is 15.7. The number of para-hydroxylation sites is 1. The fourth-order valence-corrected chi connectivity index (χ4v) is 7.45. The molecule has 0 atom stereocenters. The maximum absolute atomic E-state index is 7.00. The van der Waals surface area contributed by atoms with Crippen LogP contribution in [0, 0.1) is 0 Å². The molecule has 0 bridgehead atoms. The largest absolute Gasteiger partial charge is 0.455 e. The third-order valence-corrected chi connectivity index (χ3v) is 9.46. The third kappa shape index (κ3) is 3.59. The van der Waals surface area contributed by atoms with Gasteiger partial charge in [0.25, 0.3) is 0 Å². The van der Waals surface area contributed by atoms with Gasteiger partial charge in [-0.05, 0) is 73.3 Å². The van der Waals surface area contributed by atoms with Crippen molar-refractivity contribution in [2.75, 3.05) is 0 Å². The van der Waals surface area contributed by atoms with E-state index in [0.717, 1.165) is 66.1 Å². The molecule has 0 radical (unpaired) electrons. The average molecular weight is 587 g/mol. The summed E-state index contributed by atoms with van der Waals surface area (Å²) in [6, 6.07) is 56.0. The highest BCUT2D eigenvalue weighted by Crippen LogP contribution is 2.51. The predicted octanol–water partition coefficient (Wildman–Crippen LogP) is 12.8. The Kier molecular flexibility index (Phi) is 5.31. The second-order valence-electron chi connectivity index (χ2n) is 12.0. The Morgan fingerprint density at radius 1 is 0.326 bits per heavy atom. The highest BCUT2D eigenvalue weighted by Gasteiger charge is 2.26. The maximum atomic E-state index is 7.00. The first kappa shape index (κ1) is 25.2. The van der Waals surface area contributed by atoms with Gasteiger partial charge in [0, 0.05) is 21.9 Å². The zero-order valence-electron chi connectivity index (χ0n) is 24.8. The molecular weight excluding hydrogens is 560 g/mol. The molecule has 2 heteroatoms. The van der Waals surface area contributed by atoms with E-state index in [2.05, 4.69) is 146 Å². The number of fused-ring (bicyclic) bond motifs is 8. The van der Waals surface area contributed by atoms with Gasteiger partial charge in [0.2, 0.25) is 0 Å². The average Bonchev–Trinajstić information content (AvgIpc) is 3.69. The molecule has 0 saturated carbocycles. The van der Waals surface area contributed by atoms with Crippen LogP contribution in [0.3, 0.4) is 0 Å². The van der Waals surface area contributed by atoms with Crippen LogP contribution in [0.5, 0.6) is 0 Å². The minimum atomic E-state index is 0.812. The molecule has 0 saturated heterocycles. The van der Waals surface area contributed by atoms with Crippen molar-refractivity contribution in [3.63, 3.8) is 0 Å². The molecule has 0 spiro atoms. The van der Waals surface area contributed by atoms with E-state index < -0.39 is 0 Å². The number of benzene rings is 8. The lowest BCUT2D eigenvalue weighted by molar-refractivity contribution is 0.633. The molecule has 8 aromatic carbocycles. The molecule has 0 aliphatic carbocycles. The van der Waals surface area contributed by atoms with Crippen LogP contribution in [-0.4, -0.2) is 0 Å². The van der Waals surface area contributed by atoms with Gasteiger partial charge in [-0.3, -0.25) is 0 Å². The Hall–Kier alpha value is -6.12. The van der Waals surface area contributed by atoms with Crippen molar-refractivity contribution in [2.24, 2.45) is 0 Å². The maximum Gasteiger partial charge on any atom is 0.147 e. The van der Waals surface area contributed by atoms with Crippen molar-refractivity contribution in [2.45, 2.75) is 0 Å². The van der Waals surface area contributed by atoms with Crippen molar-refractivity contribution in [3.8, 4) is 33.6 Å². The molecule has 214 valence electrons.